The van der Waals surface area contributed by atoms with Crippen LogP contribution in [0.3, 0.4) is 0 Å². The van der Waals surface area contributed by atoms with Gasteiger partial charge in [-0.1, -0.05) is 84.6 Å². The second-order valence-electron chi connectivity index (χ2n) is 6.91. The molecule has 0 bridgehead atoms. The van der Waals surface area contributed by atoms with Gasteiger partial charge in [0.25, 0.3) is 0 Å². The topological polar surface area (TPSA) is 39.1 Å². The maximum absolute atomic E-state index is 10.2. The van der Waals surface area contributed by atoms with E-state index in [9.17, 15) is 5.26 Å². The summed E-state index contributed by atoms with van der Waals surface area (Å²) in [6, 6.07) is 23.3. The minimum absolute atomic E-state index is 0.462. The summed E-state index contributed by atoms with van der Waals surface area (Å²) in [5.74, 6) is 0.814. The quantitative estimate of drug-likeness (QED) is 0.768. The third-order valence-corrected chi connectivity index (χ3v) is 6.58. The number of rotatable bonds is 5. The smallest absolute Gasteiger partial charge is 0.136 e. The Hall–Kier alpha value is -1.87. The first-order valence-electron chi connectivity index (χ1n) is 9.33. The molecule has 0 spiro atoms. The fraction of sp³-hybridized carbons (Fsp3) is 0.364. The summed E-state index contributed by atoms with van der Waals surface area (Å²) in [7, 11) is 0. The van der Waals surface area contributed by atoms with Crippen molar-refractivity contribution >= 4 is 28.3 Å². The van der Waals surface area contributed by atoms with Crippen LogP contribution in [0.25, 0.3) is 0 Å². The number of hydrogen-bond acceptors (Lipinski definition) is 4. The van der Waals surface area contributed by atoms with E-state index in [0.29, 0.717) is 6.04 Å². The summed E-state index contributed by atoms with van der Waals surface area (Å²) < 4.78 is 0.941. The minimum atomic E-state index is -0.651. The highest BCUT2D eigenvalue weighted by Crippen LogP contribution is 2.36. The molecular weight excluding hydrogens is 370 g/mol. The molecule has 1 aliphatic rings. The molecule has 0 radical (unpaired) electrons. The molecule has 27 heavy (non-hydrogen) atoms. The number of benzene rings is 2. The van der Waals surface area contributed by atoms with E-state index in [0.717, 1.165) is 47.3 Å². The number of thiocarbonyl (C=S) groups is 1. The first-order valence-corrected chi connectivity index (χ1v) is 10.7. The van der Waals surface area contributed by atoms with Crippen LogP contribution in [0.15, 0.2) is 60.7 Å². The lowest BCUT2D eigenvalue weighted by atomic mass is 9.74. The number of hydrogen-bond donors (Lipinski definition) is 1. The molecule has 1 N–H and O–H groups in total. The zero-order chi connectivity index (χ0) is 19.1. The van der Waals surface area contributed by atoms with E-state index in [2.05, 4.69) is 47.5 Å². The van der Waals surface area contributed by atoms with Gasteiger partial charge in [-0.25, -0.2) is 0 Å². The highest BCUT2D eigenvalue weighted by Gasteiger charge is 2.34. The molecule has 1 aliphatic heterocycles. The van der Waals surface area contributed by atoms with Crippen LogP contribution in [0.4, 0.5) is 0 Å². The summed E-state index contributed by atoms with van der Waals surface area (Å²) >= 11 is 7.36. The predicted octanol–water partition coefficient (Wildman–Crippen LogP) is 4.20. The fourth-order valence-corrected chi connectivity index (χ4v) is 4.91. The van der Waals surface area contributed by atoms with Gasteiger partial charge in [-0.3, -0.25) is 0 Å². The van der Waals surface area contributed by atoms with Gasteiger partial charge in [-0.15, -0.1) is 0 Å². The zero-order valence-corrected chi connectivity index (χ0v) is 17.2. The molecule has 1 atom stereocenters. The van der Waals surface area contributed by atoms with Crippen molar-refractivity contribution in [3.8, 4) is 6.07 Å². The normalized spacial score (nSPS) is 17.3. The molecule has 3 nitrogen and oxygen atoms in total. The van der Waals surface area contributed by atoms with Gasteiger partial charge in [0.2, 0.25) is 0 Å². The van der Waals surface area contributed by atoms with E-state index in [1.165, 1.54) is 0 Å². The molecule has 0 aliphatic carbocycles. The molecule has 2 aromatic carbocycles. The van der Waals surface area contributed by atoms with E-state index in [1.807, 2.05) is 36.4 Å². The summed E-state index contributed by atoms with van der Waals surface area (Å²) in [5, 5.41) is 13.7. The zero-order valence-electron chi connectivity index (χ0n) is 15.6. The van der Waals surface area contributed by atoms with Crippen molar-refractivity contribution in [3.63, 3.8) is 0 Å². The van der Waals surface area contributed by atoms with Gasteiger partial charge in [0.1, 0.15) is 9.74 Å². The maximum Gasteiger partial charge on any atom is 0.136 e. The van der Waals surface area contributed by atoms with Crippen LogP contribution in [-0.4, -0.2) is 40.6 Å². The molecule has 5 heteroatoms. The number of piperazine rings is 1. The van der Waals surface area contributed by atoms with Gasteiger partial charge < -0.3 is 10.2 Å². The number of thioether (sulfide) groups is 1. The monoisotopic (exact) mass is 395 g/mol. The SMILES string of the molecule is CC1CN(C(=S)SCCC(C#N)(c2ccccc2)c2ccccc2)CCN1. The number of nitriles is 1. The summed E-state index contributed by atoms with van der Waals surface area (Å²) in [4.78, 5) is 2.28. The van der Waals surface area contributed by atoms with Gasteiger partial charge in [0, 0.05) is 31.4 Å². The number of nitrogens with zero attached hydrogens (tertiary/aromatic N) is 2. The highest BCUT2D eigenvalue weighted by atomic mass is 32.2. The van der Waals surface area contributed by atoms with Crippen molar-refractivity contribution in [3.05, 3.63) is 71.8 Å². The van der Waals surface area contributed by atoms with Crippen molar-refractivity contribution in [2.45, 2.75) is 24.8 Å². The Balaban J connectivity index is 1.75. The molecular formula is C22H25N3S2. The Labute approximate surface area is 171 Å². The molecule has 3 rings (SSSR count). The first-order chi connectivity index (χ1) is 13.2. The van der Waals surface area contributed by atoms with Gasteiger partial charge in [0.15, 0.2) is 0 Å². The Morgan fingerprint density at radius 3 is 2.30 bits per heavy atom. The molecule has 1 unspecified atom stereocenters. The standard InChI is InChI=1S/C22H25N3S2/c1-18-16-25(14-13-24-18)21(26)27-15-12-22(17-23,19-8-4-2-5-9-19)20-10-6-3-7-11-20/h2-11,18,24H,12-16H2,1H3. The average Bonchev–Trinajstić information content (AvgIpc) is 2.72. The molecule has 0 aromatic heterocycles. The molecule has 140 valence electrons. The highest BCUT2D eigenvalue weighted by molar-refractivity contribution is 8.22. The first kappa shape index (κ1) is 19.9. The Kier molecular flexibility index (Phi) is 6.89. The van der Waals surface area contributed by atoms with Crippen LogP contribution < -0.4 is 5.32 Å². The molecule has 1 saturated heterocycles. The van der Waals surface area contributed by atoms with Gasteiger partial charge in [0.05, 0.1) is 6.07 Å². The van der Waals surface area contributed by atoms with E-state index >= 15 is 0 Å². The predicted molar refractivity (Wildman–Crippen MR) is 118 cm³/mol. The van der Waals surface area contributed by atoms with Crippen LogP contribution in [0, 0.1) is 11.3 Å². The van der Waals surface area contributed by atoms with Crippen LogP contribution in [0.1, 0.15) is 24.5 Å². The van der Waals surface area contributed by atoms with Crippen LogP contribution in [-0.2, 0) is 5.41 Å². The van der Waals surface area contributed by atoms with Crippen molar-refractivity contribution in [2.24, 2.45) is 0 Å². The Morgan fingerprint density at radius 1 is 1.19 bits per heavy atom. The van der Waals surface area contributed by atoms with E-state index in [4.69, 9.17) is 12.2 Å². The second kappa shape index (κ2) is 9.36. The van der Waals surface area contributed by atoms with E-state index in [1.54, 1.807) is 11.8 Å². The average molecular weight is 396 g/mol. The Morgan fingerprint density at radius 2 is 1.78 bits per heavy atom. The third kappa shape index (κ3) is 4.70. The third-order valence-electron chi connectivity index (χ3n) is 5.05. The largest absolute Gasteiger partial charge is 0.355 e. The van der Waals surface area contributed by atoms with Crippen LogP contribution in [0.5, 0.6) is 0 Å². The summed E-state index contributed by atoms with van der Waals surface area (Å²) in [5.41, 5.74) is 1.43. The molecule has 0 amide bonds. The number of nitrogens with one attached hydrogen (secondary N) is 1. The molecule has 0 saturated carbocycles. The van der Waals surface area contributed by atoms with Crippen molar-refractivity contribution in [1.29, 1.82) is 5.26 Å². The van der Waals surface area contributed by atoms with Gasteiger partial charge in [-0.05, 0) is 24.5 Å². The molecule has 1 heterocycles. The summed E-state index contributed by atoms with van der Waals surface area (Å²) in [6.07, 6.45) is 0.726. The maximum atomic E-state index is 10.2. The lowest BCUT2D eigenvalue weighted by Gasteiger charge is -2.34. The van der Waals surface area contributed by atoms with Crippen LogP contribution in [0.2, 0.25) is 0 Å². The van der Waals surface area contributed by atoms with Crippen molar-refractivity contribution in [2.75, 3.05) is 25.4 Å². The lowest BCUT2D eigenvalue weighted by molar-refractivity contribution is 0.311. The van der Waals surface area contributed by atoms with Crippen molar-refractivity contribution < 1.29 is 0 Å². The summed E-state index contributed by atoms with van der Waals surface area (Å²) in [6.45, 7) is 5.06. The lowest BCUT2D eigenvalue weighted by Crippen LogP contribution is -2.50. The van der Waals surface area contributed by atoms with E-state index in [-0.39, 0.29) is 0 Å². The minimum Gasteiger partial charge on any atom is -0.355 e. The molecule has 2 aromatic rings. The fourth-order valence-electron chi connectivity index (χ4n) is 3.57. The van der Waals surface area contributed by atoms with E-state index < -0.39 is 5.41 Å². The van der Waals surface area contributed by atoms with Gasteiger partial charge in [-0.2, -0.15) is 5.26 Å². The second-order valence-corrected chi connectivity index (χ2v) is 8.64. The van der Waals surface area contributed by atoms with Crippen LogP contribution >= 0.6 is 24.0 Å². The molecule has 1 fully saturated rings. The van der Waals surface area contributed by atoms with Crippen molar-refractivity contribution in [1.82, 2.24) is 10.2 Å². The van der Waals surface area contributed by atoms with Gasteiger partial charge >= 0.3 is 0 Å². The Bertz CT molecular complexity index is 747.